The molecule has 1 amide bonds. The first-order valence-corrected chi connectivity index (χ1v) is 6.35. The number of carboxylic acids is 1. The molecule has 0 heterocycles. The lowest BCUT2D eigenvalue weighted by molar-refractivity contribution is -0.137. The third-order valence-electron chi connectivity index (χ3n) is 2.89. The predicted octanol–water partition coefficient (Wildman–Crippen LogP) is 1.81. The first kappa shape index (κ1) is 16.9. The minimum atomic E-state index is -0.772. The van der Waals surface area contributed by atoms with E-state index >= 15 is 0 Å². The molecule has 0 aliphatic rings. The second-order valence-electron chi connectivity index (χ2n) is 5.25. The van der Waals surface area contributed by atoms with Gasteiger partial charge in [-0.05, 0) is 24.7 Å². The van der Waals surface area contributed by atoms with E-state index in [-0.39, 0.29) is 17.7 Å². The summed E-state index contributed by atoms with van der Waals surface area (Å²) in [6.07, 6.45) is 2.79. The molecule has 5 heteroatoms. The molecule has 0 aliphatic heterocycles. The van der Waals surface area contributed by atoms with E-state index in [0.717, 1.165) is 12.8 Å². The maximum atomic E-state index is 11.4. The van der Waals surface area contributed by atoms with Gasteiger partial charge in [-0.2, -0.15) is 0 Å². The van der Waals surface area contributed by atoms with Crippen LogP contribution in [-0.4, -0.2) is 37.2 Å². The summed E-state index contributed by atoms with van der Waals surface area (Å²) in [4.78, 5) is 21.9. The molecule has 106 valence electrons. The lowest BCUT2D eigenvalue weighted by Crippen LogP contribution is -2.28. The number of carbonyl (C=O) groups is 2. The van der Waals surface area contributed by atoms with Crippen molar-refractivity contribution in [1.82, 2.24) is 5.32 Å². The summed E-state index contributed by atoms with van der Waals surface area (Å²) in [7, 11) is 1.61. The molecule has 2 N–H and O–H groups in total. The summed E-state index contributed by atoms with van der Waals surface area (Å²) in [5, 5.41) is 11.5. The number of amides is 1. The smallest absolute Gasteiger partial charge is 0.303 e. The van der Waals surface area contributed by atoms with Crippen LogP contribution < -0.4 is 5.32 Å². The van der Waals surface area contributed by atoms with Crippen molar-refractivity contribution in [1.29, 1.82) is 0 Å². The van der Waals surface area contributed by atoms with Gasteiger partial charge in [-0.1, -0.05) is 13.8 Å². The number of hydrogen-bond acceptors (Lipinski definition) is 3. The summed E-state index contributed by atoms with van der Waals surface area (Å²) in [6.45, 7) is 5.23. The lowest BCUT2D eigenvalue weighted by Gasteiger charge is -2.23. The second kappa shape index (κ2) is 8.91. The topological polar surface area (TPSA) is 75.6 Å². The summed E-state index contributed by atoms with van der Waals surface area (Å²) in [6, 6.07) is 0. The molecule has 0 atom stereocenters. The van der Waals surface area contributed by atoms with Gasteiger partial charge in [-0.3, -0.25) is 9.59 Å². The molecule has 5 nitrogen and oxygen atoms in total. The predicted molar refractivity (Wildman–Crippen MR) is 69.4 cm³/mol. The van der Waals surface area contributed by atoms with Crippen LogP contribution in [0.1, 0.15) is 46.0 Å². The van der Waals surface area contributed by atoms with Crippen LogP contribution >= 0.6 is 0 Å². The van der Waals surface area contributed by atoms with Crippen LogP contribution in [0.3, 0.4) is 0 Å². The summed E-state index contributed by atoms with van der Waals surface area (Å²) in [5.74, 6) is -0.743. The molecule has 0 aromatic rings. The third kappa shape index (κ3) is 10.1. The van der Waals surface area contributed by atoms with Crippen molar-refractivity contribution >= 4 is 11.9 Å². The van der Waals surface area contributed by atoms with Crippen molar-refractivity contribution in [3.05, 3.63) is 0 Å². The highest BCUT2D eigenvalue weighted by atomic mass is 16.5. The van der Waals surface area contributed by atoms with Gasteiger partial charge in [0.05, 0.1) is 0 Å². The van der Waals surface area contributed by atoms with Crippen molar-refractivity contribution in [2.75, 3.05) is 20.3 Å². The van der Waals surface area contributed by atoms with Crippen LogP contribution in [0.5, 0.6) is 0 Å². The zero-order valence-electron chi connectivity index (χ0n) is 11.6. The Balaban J connectivity index is 3.68. The first-order valence-electron chi connectivity index (χ1n) is 6.35. The molecule has 0 aromatic heterocycles. The van der Waals surface area contributed by atoms with Gasteiger partial charge < -0.3 is 15.2 Å². The fourth-order valence-corrected chi connectivity index (χ4v) is 1.58. The highest BCUT2D eigenvalue weighted by Gasteiger charge is 2.19. The van der Waals surface area contributed by atoms with Crippen LogP contribution in [0.2, 0.25) is 0 Å². The average Bonchev–Trinajstić information content (AvgIpc) is 2.27. The normalized spacial score (nSPS) is 11.3. The Hall–Kier alpha value is -1.10. The lowest BCUT2D eigenvalue weighted by atomic mass is 9.84. The van der Waals surface area contributed by atoms with E-state index in [9.17, 15) is 9.59 Å². The maximum Gasteiger partial charge on any atom is 0.303 e. The maximum absolute atomic E-state index is 11.4. The van der Waals surface area contributed by atoms with Crippen LogP contribution in [0.25, 0.3) is 0 Å². The third-order valence-corrected chi connectivity index (χ3v) is 2.89. The Morgan fingerprint density at radius 1 is 1.22 bits per heavy atom. The molecule has 0 radical (unpaired) electrons. The molecule has 0 unspecified atom stereocenters. The zero-order valence-corrected chi connectivity index (χ0v) is 11.6. The Morgan fingerprint density at radius 3 is 2.44 bits per heavy atom. The van der Waals surface area contributed by atoms with Crippen molar-refractivity contribution < 1.29 is 19.4 Å². The number of aliphatic carboxylic acids is 1. The van der Waals surface area contributed by atoms with Crippen molar-refractivity contribution in [2.45, 2.75) is 46.0 Å². The number of hydrogen-bond donors (Lipinski definition) is 2. The number of rotatable bonds is 10. The Morgan fingerprint density at radius 2 is 1.89 bits per heavy atom. The fourth-order valence-electron chi connectivity index (χ4n) is 1.58. The molecule has 0 rings (SSSR count). The Bertz CT molecular complexity index is 264. The monoisotopic (exact) mass is 259 g/mol. The summed E-state index contributed by atoms with van der Waals surface area (Å²) >= 11 is 0. The van der Waals surface area contributed by atoms with E-state index in [0.29, 0.717) is 26.0 Å². The highest BCUT2D eigenvalue weighted by molar-refractivity contribution is 5.75. The SMILES string of the molecule is COCCCC(=O)NCCC(C)(C)CCC(=O)O. The number of methoxy groups -OCH3 is 1. The minimum Gasteiger partial charge on any atom is -0.481 e. The Labute approximate surface area is 109 Å². The quantitative estimate of drug-likeness (QED) is 0.587. The minimum absolute atomic E-state index is 0.0288. The van der Waals surface area contributed by atoms with Gasteiger partial charge in [0, 0.05) is 33.1 Å². The second-order valence-corrected chi connectivity index (χ2v) is 5.25. The van der Waals surface area contributed by atoms with Crippen LogP contribution in [0, 0.1) is 5.41 Å². The van der Waals surface area contributed by atoms with E-state index in [1.165, 1.54) is 0 Å². The molecule has 0 saturated carbocycles. The van der Waals surface area contributed by atoms with E-state index in [4.69, 9.17) is 9.84 Å². The number of ether oxygens (including phenoxy) is 1. The van der Waals surface area contributed by atoms with Crippen molar-refractivity contribution in [3.8, 4) is 0 Å². The number of carboxylic acid groups (broad SMARTS) is 1. The van der Waals surface area contributed by atoms with Gasteiger partial charge in [0.2, 0.25) is 5.91 Å². The van der Waals surface area contributed by atoms with E-state index in [1.54, 1.807) is 7.11 Å². The average molecular weight is 259 g/mol. The standard InChI is InChI=1S/C13H25NO4/c1-13(2,7-6-12(16)17)8-9-14-11(15)5-4-10-18-3/h4-10H2,1-3H3,(H,14,15)(H,16,17). The van der Waals surface area contributed by atoms with Crippen molar-refractivity contribution in [2.24, 2.45) is 5.41 Å². The Kier molecular flexibility index (Phi) is 8.37. The largest absolute Gasteiger partial charge is 0.481 e. The molecular formula is C13H25NO4. The van der Waals surface area contributed by atoms with Crippen LogP contribution in [0.4, 0.5) is 0 Å². The fraction of sp³-hybridized carbons (Fsp3) is 0.846. The number of carbonyl (C=O) groups excluding carboxylic acids is 1. The summed E-state index contributed by atoms with van der Waals surface area (Å²) < 4.78 is 4.87. The van der Waals surface area contributed by atoms with Gasteiger partial charge in [0.1, 0.15) is 0 Å². The first-order chi connectivity index (χ1) is 8.37. The molecule has 0 aromatic carbocycles. The van der Waals surface area contributed by atoms with Crippen LogP contribution in [-0.2, 0) is 14.3 Å². The van der Waals surface area contributed by atoms with E-state index < -0.39 is 5.97 Å². The van der Waals surface area contributed by atoms with Gasteiger partial charge in [-0.15, -0.1) is 0 Å². The molecule has 0 bridgehead atoms. The van der Waals surface area contributed by atoms with Gasteiger partial charge in [0.25, 0.3) is 0 Å². The van der Waals surface area contributed by atoms with Crippen molar-refractivity contribution in [3.63, 3.8) is 0 Å². The molecule has 0 saturated heterocycles. The van der Waals surface area contributed by atoms with Gasteiger partial charge >= 0.3 is 5.97 Å². The van der Waals surface area contributed by atoms with Gasteiger partial charge in [-0.25, -0.2) is 0 Å². The summed E-state index contributed by atoms with van der Waals surface area (Å²) in [5.41, 5.74) is -0.0573. The molecule has 0 aliphatic carbocycles. The molecule has 0 fully saturated rings. The highest BCUT2D eigenvalue weighted by Crippen LogP contribution is 2.25. The molecule has 18 heavy (non-hydrogen) atoms. The van der Waals surface area contributed by atoms with E-state index in [1.807, 2.05) is 13.8 Å². The molecular weight excluding hydrogens is 234 g/mol. The van der Waals surface area contributed by atoms with Gasteiger partial charge in [0.15, 0.2) is 0 Å². The zero-order chi connectivity index (χ0) is 14.0. The van der Waals surface area contributed by atoms with E-state index in [2.05, 4.69) is 5.32 Å². The number of nitrogens with one attached hydrogen (secondary N) is 1. The molecule has 0 spiro atoms. The van der Waals surface area contributed by atoms with Crippen LogP contribution in [0.15, 0.2) is 0 Å².